The number of likely N-dealkylation sites (tertiary alicyclic amines) is 1. The molecule has 3 aromatic heterocycles. The Labute approximate surface area is 225 Å². The zero-order valence-corrected chi connectivity index (χ0v) is 22.1. The highest BCUT2D eigenvalue weighted by atomic mass is 19.1. The van der Waals surface area contributed by atoms with Gasteiger partial charge in [-0.25, -0.2) is 24.0 Å². The van der Waals surface area contributed by atoms with E-state index in [9.17, 15) is 9.18 Å². The first-order chi connectivity index (χ1) is 18.7. The maximum Gasteiger partial charge on any atom is 0.257 e. The molecular formula is C29H30FN7O2. The number of aryl methyl sites for hydroxylation is 1. The number of nitrogens with zero attached hydrogens (tertiary/aromatic N) is 6. The Morgan fingerprint density at radius 3 is 2.51 bits per heavy atom. The molecule has 6 rings (SSSR count). The molecule has 39 heavy (non-hydrogen) atoms. The average molecular weight is 528 g/mol. The van der Waals surface area contributed by atoms with Crippen LogP contribution in [-0.4, -0.2) is 54.7 Å². The van der Waals surface area contributed by atoms with Crippen molar-refractivity contribution in [3.05, 3.63) is 83.7 Å². The molecular weight excluding hydrogens is 497 g/mol. The summed E-state index contributed by atoms with van der Waals surface area (Å²) in [6.07, 6.45) is 5.67. The number of halogens is 1. The largest absolute Gasteiger partial charge is 0.474 e. The van der Waals surface area contributed by atoms with Crippen LogP contribution in [0, 0.1) is 24.6 Å². The fraction of sp³-hybridized carbons (Fsp3) is 0.345. The third-order valence-corrected chi connectivity index (χ3v) is 7.88. The van der Waals surface area contributed by atoms with Gasteiger partial charge in [0.25, 0.3) is 5.91 Å². The molecule has 0 bridgehead atoms. The second kappa shape index (κ2) is 9.53. The Morgan fingerprint density at radius 1 is 1.15 bits per heavy atom. The Hall–Kier alpha value is -4.18. The Bertz CT molecular complexity index is 1510. The van der Waals surface area contributed by atoms with Gasteiger partial charge in [-0.1, -0.05) is 6.92 Å². The van der Waals surface area contributed by atoms with Crippen molar-refractivity contribution in [2.24, 2.45) is 17.6 Å². The quantitative estimate of drug-likeness (QED) is 0.388. The number of ether oxygens (including phenoxy) is 1. The third kappa shape index (κ3) is 4.76. The van der Waals surface area contributed by atoms with Crippen LogP contribution in [0.15, 0.2) is 61.1 Å². The van der Waals surface area contributed by atoms with E-state index in [1.807, 2.05) is 37.8 Å². The number of pyridine rings is 1. The van der Waals surface area contributed by atoms with Crippen molar-refractivity contribution in [3.8, 4) is 23.1 Å². The molecule has 2 fully saturated rings. The summed E-state index contributed by atoms with van der Waals surface area (Å²) in [4.78, 5) is 28.3. The maximum atomic E-state index is 13.5. The van der Waals surface area contributed by atoms with Crippen LogP contribution < -0.4 is 10.5 Å². The van der Waals surface area contributed by atoms with Crippen molar-refractivity contribution in [2.75, 3.05) is 13.1 Å². The minimum absolute atomic E-state index is 0.0231. The normalized spacial score (nSPS) is 21.4. The predicted molar refractivity (Wildman–Crippen MR) is 143 cm³/mol. The summed E-state index contributed by atoms with van der Waals surface area (Å²) < 4.78 is 21.4. The summed E-state index contributed by atoms with van der Waals surface area (Å²) in [7, 11) is 0. The second-order valence-corrected chi connectivity index (χ2v) is 10.6. The van der Waals surface area contributed by atoms with Crippen LogP contribution in [0.2, 0.25) is 0 Å². The fourth-order valence-electron chi connectivity index (χ4n) is 5.17. The van der Waals surface area contributed by atoms with Crippen molar-refractivity contribution < 1.29 is 13.9 Å². The summed E-state index contributed by atoms with van der Waals surface area (Å²) in [5.74, 6) is 1.03. The molecule has 1 aliphatic heterocycles. The van der Waals surface area contributed by atoms with E-state index in [0.29, 0.717) is 41.9 Å². The number of fused-ring (bicyclic) bond motifs is 1. The summed E-state index contributed by atoms with van der Waals surface area (Å²) in [5.41, 5.74) is 9.57. The predicted octanol–water partition coefficient (Wildman–Crippen LogP) is 3.91. The molecule has 1 saturated carbocycles. The molecule has 4 heterocycles. The molecule has 0 radical (unpaired) electrons. The highest BCUT2D eigenvalue weighted by Gasteiger charge is 2.59. The van der Waals surface area contributed by atoms with Gasteiger partial charge in [0, 0.05) is 60.7 Å². The van der Waals surface area contributed by atoms with E-state index in [1.54, 1.807) is 36.8 Å². The molecule has 4 atom stereocenters. The molecule has 1 saturated heterocycles. The fourth-order valence-corrected chi connectivity index (χ4v) is 5.17. The molecule has 2 N–H and O–H groups in total. The van der Waals surface area contributed by atoms with Crippen LogP contribution in [0.1, 0.15) is 41.9 Å². The summed E-state index contributed by atoms with van der Waals surface area (Å²) in [6, 6.07) is 11.8. The van der Waals surface area contributed by atoms with Crippen LogP contribution in [-0.2, 0) is 5.54 Å². The zero-order chi connectivity index (χ0) is 27.3. The van der Waals surface area contributed by atoms with Gasteiger partial charge in [-0.05, 0) is 62.2 Å². The summed E-state index contributed by atoms with van der Waals surface area (Å²) >= 11 is 0. The molecule has 10 heteroatoms. The number of hydrogen-bond donors (Lipinski definition) is 1. The number of rotatable bonds is 7. The van der Waals surface area contributed by atoms with Gasteiger partial charge in [0.15, 0.2) is 0 Å². The van der Waals surface area contributed by atoms with Gasteiger partial charge in [-0.3, -0.25) is 4.79 Å². The van der Waals surface area contributed by atoms with Crippen LogP contribution in [0.5, 0.6) is 5.88 Å². The van der Waals surface area contributed by atoms with Gasteiger partial charge in [-0.2, -0.15) is 5.10 Å². The molecule has 4 aromatic rings. The van der Waals surface area contributed by atoms with E-state index in [2.05, 4.69) is 15.1 Å². The van der Waals surface area contributed by atoms with E-state index in [1.165, 1.54) is 16.8 Å². The van der Waals surface area contributed by atoms with E-state index >= 15 is 0 Å². The first-order valence-electron chi connectivity index (χ1n) is 13.1. The van der Waals surface area contributed by atoms with E-state index in [0.717, 1.165) is 17.5 Å². The number of hydrogen-bond acceptors (Lipinski definition) is 7. The Kier molecular flexibility index (Phi) is 6.14. The maximum absolute atomic E-state index is 13.5. The van der Waals surface area contributed by atoms with Crippen LogP contribution in [0.25, 0.3) is 17.2 Å². The molecule has 2 unspecified atom stereocenters. The number of carbonyl (C=O) groups excluding carboxylic acids is 1. The molecule has 1 aliphatic carbocycles. The number of benzene rings is 1. The highest BCUT2D eigenvalue weighted by Crippen LogP contribution is 2.48. The lowest BCUT2D eigenvalue weighted by Crippen LogP contribution is -2.34. The minimum Gasteiger partial charge on any atom is -0.474 e. The van der Waals surface area contributed by atoms with Crippen molar-refractivity contribution in [2.45, 2.75) is 38.8 Å². The number of amides is 1. The van der Waals surface area contributed by atoms with Gasteiger partial charge >= 0.3 is 0 Å². The third-order valence-electron chi connectivity index (χ3n) is 7.88. The van der Waals surface area contributed by atoms with Gasteiger partial charge in [0.05, 0.1) is 17.0 Å². The molecule has 0 spiro atoms. The lowest BCUT2D eigenvalue weighted by molar-refractivity contribution is 0.0751. The molecule has 1 amide bonds. The van der Waals surface area contributed by atoms with Gasteiger partial charge in [0.1, 0.15) is 11.9 Å². The van der Waals surface area contributed by atoms with Gasteiger partial charge in [0.2, 0.25) is 11.8 Å². The van der Waals surface area contributed by atoms with Crippen molar-refractivity contribution >= 4 is 5.91 Å². The number of nitrogens with two attached hydrogens (primary N) is 1. The van der Waals surface area contributed by atoms with Crippen LogP contribution >= 0.6 is 0 Å². The first-order valence-corrected chi connectivity index (χ1v) is 13.1. The second-order valence-electron chi connectivity index (χ2n) is 10.6. The van der Waals surface area contributed by atoms with Crippen molar-refractivity contribution in [1.82, 2.24) is 29.6 Å². The Balaban J connectivity index is 1.17. The van der Waals surface area contributed by atoms with Crippen LogP contribution in [0.4, 0.5) is 4.39 Å². The molecule has 9 nitrogen and oxygen atoms in total. The van der Waals surface area contributed by atoms with E-state index < -0.39 is 5.54 Å². The number of carbonyl (C=O) groups is 1. The van der Waals surface area contributed by atoms with Crippen molar-refractivity contribution in [3.63, 3.8) is 0 Å². The number of piperidine rings is 1. The zero-order valence-electron chi connectivity index (χ0n) is 22.1. The van der Waals surface area contributed by atoms with Crippen molar-refractivity contribution in [1.29, 1.82) is 0 Å². The highest BCUT2D eigenvalue weighted by molar-refractivity contribution is 5.95. The SMILES string of the molecule is CCC(C)(N)c1cc(O[C@@H]2C3CN(C(=O)c4cn(-c5ncccn5)nc4C)C[C@H]32)nc(-c2ccc(F)cc2)c1. The van der Waals surface area contributed by atoms with Gasteiger partial charge < -0.3 is 15.4 Å². The van der Waals surface area contributed by atoms with Crippen LogP contribution in [0.3, 0.4) is 0 Å². The first kappa shape index (κ1) is 25.1. The van der Waals surface area contributed by atoms with E-state index in [4.69, 9.17) is 15.5 Å². The van der Waals surface area contributed by atoms with E-state index in [-0.39, 0.29) is 29.7 Å². The summed E-state index contributed by atoms with van der Waals surface area (Å²) in [6.45, 7) is 7.04. The summed E-state index contributed by atoms with van der Waals surface area (Å²) in [5, 5.41) is 4.43. The van der Waals surface area contributed by atoms with Gasteiger partial charge in [-0.15, -0.1) is 0 Å². The average Bonchev–Trinajstić information content (AvgIpc) is 3.25. The monoisotopic (exact) mass is 527 g/mol. The molecule has 1 aromatic carbocycles. The number of aromatic nitrogens is 5. The standard InChI is InChI=1S/C29H30FN7O2/c1-4-29(3,31)19-12-24(18-6-8-20(30)9-7-18)34-25(13-19)39-26-22-14-36(15-23(22)26)27(38)21-16-37(35-17(21)2)28-32-10-5-11-33-28/h5-13,16,22-23,26H,4,14-15,31H2,1-3H3/t22-,23?,26+,29?/m1/s1. The minimum atomic E-state index is -0.564. The lowest BCUT2D eigenvalue weighted by atomic mass is 9.90. The molecule has 2 aliphatic rings. The molecule has 200 valence electrons. The lowest BCUT2D eigenvalue weighted by Gasteiger charge is -2.25. The smallest absolute Gasteiger partial charge is 0.257 e. The topological polar surface area (TPSA) is 112 Å². The Morgan fingerprint density at radius 2 is 1.85 bits per heavy atom.